The SMILES string of the molecule is CCCCN1C(=O)C(=O)/C(=C(\O)c2cccc(OCC(C)C)c2)C1c1ccccc1. The van der Waals surface area contributed by atoms with Gasteiger partial charge >= 0.3 is 0 Å². The summed E-state index contributed by atoms with van der Waals surface area (Å²) >= 11 is 0. The Kier molecular flexibility index (Phi) is 6.93. The number of likely N-dealkylation sites (tertiary alicyclic amines) is 1. The predicted molar refractivity (Wildman–Crippen MR) is 117 cm³/mol. The standard InChI is InChI=1S/C25H29NO4/c1-4-5-14-26-22(18-10-7-6-8-11-18)21(24(28)25(26)29)23(27)19-12-9-13-20(15-19)30-16-17(2)3/h6-13,15,17,22,27H,4-5,14,16H2,1-3H3/b23-21-. The summed E-state index contributed by atoms with van der Waals surface area (Å²) in [5.74, 6) is -0.401. The highest BCUT2D eigenvalue weighted by Crippen LogP contribution is 2.39. The number of nitrogens with zero attached hydrogens (tertiary/aromatic N) is 1. The van der Waals surface area contributed by atoms with Gasteiger partial charge in [0.15, 0.2) is 0 Å². The van der Waals surface area contributed by atoms with E-state index in [4.69, 9.17) is 4.74 Å². The number of carbonyl (C=O) groups is 2. The van der Waals surface area contributed by atoms with Gasteiger partial charge in [0.1, 0.15) is 11.5 Å². The van der Waals surface area contributed by atoms with Crippen LogP contribution in [0.1, 0.15) is 50.8 Å². The fraction of sp³-hybridized carbons (Fsp3) is 0.360. The quantitative estimate of drug-likeness (QED) is 0.382. The summed E-state index contributed by atoms with van der Waals surface area (Å²) in [6.07, 6.45) is 1.69. The van der Waals surface area contributed by atoms with Crippen LogP contribution in [0.3, 0.4) is 0 Å². The van der Waals surface area contributed by atoms with Crippen molar-refractivity contribution in [1.29, 1.82) is 0 Å². The number of aliphatic hydroxyl groups is 1. The second kappa shape index (κ2) is 9.61. The van der Waals surface area contributed by atoms with Crippen LogP contribution < -0.4 is 4.74 Å². The van der Waals surface area contributed by atoms with Crippen molar-refractivity contribution in [3.05, 3.63) is 71.3 Å². The van der Waals surface area contributed by atoms with Crippen molar-refractivity contribution < 1.29 is 19.4 Å². The zero-order valence-corrected chi connectivity index (χ0v) is 17.8. The van der Waals surface area contributed by atoms with Crippen LogP contribution in [-0.4, -0.2) is 34.8 Å². The van der Waals surface area contributed by atoms with Crippen molar-refractivity contribution in [2.24, 2.45) is 5.92 Å². The van der Waals surface area contributed by atoms with Gasteiger partial charge in [-0.2, -0.15) is 0 Å². The zero-order chi connectivity index (χ0) is 21.7. The van der Waals surface area contributed by atoms with E-state index in [2.05, 4.69) is 13.8 Å². The molecule has 5 heteroatoms. The molecule has 0 saturated carbocycles. The summed E-state index contributed by atoms with van der Waals surface area (Å²) in [6.45, 7) is 7.17. The summed E-state index contributed by atoms with van der Waals surface area (Å²) in [6, 6.07) is 15.8. The van der Waals surface area contributed by atoms with Gasteiger partial charge in [0.25, 0.3) is 11.7 Å². The molecule has 1 amide bonds. The van der Waals surface area contributed by atoms with Gasteiger partial charge in [0.05, 0.1) is 18.2 Å². The Bertz CT molecular complexity index is 933. The fourth-order valence-corrected chi connectivity index (χ4v) is 3.57. The minimum absolute atomic E-state index is 0.128. The molecule has 1 heterocycles. The number of Topliss-reactive ketones (excluding diaryl/α,β-unsaturated/α-hetero) is 1. The molecule has 0 bridgehead atoms. The lowest BCUT2D eigenvalue weighted by Crippen LogP contribution is -2.30. The molecular weight excluding hydrogens is 378 g/mol. The molecule has 0 radical (unpaired) electrons. The third-order valence-corrected chi connectivity index (χ3v) is 5.10. The van der Waals surface area contributed by atoms with Crippen LogP contribution in [0, 0.1) is 5.92 Å². The fourth-order valence-electron chi connectivity index (χ4n) is 3.57. The number of amides is 1. The minimum atomic E-state index is -0.647. The van der Waals surface area contributed by atoms with Gasteiger partial charge in [-0.05, 0) is 30.0 Å². The van der Waals surface area contributed by atoms with E-state index < -0.39 is 17.7 Å². The summed E-state index contributed by atoms with van der Waals surface area (Å²) < 4.78 is 5.76. The lowest BCUT2D eigenvalue weighted by molar-refractivity contribution is -0.139. The lowest BCUT2D eigenvalue weighted by Gasteiger charge is -2.25. The number of unbranched alkanes of at least 4 members (excludes halogenated alkanes) is 1. The van der Waals surface area contributed by atoms with Crippen LogP contribution in [0.2, 0.25) is 0 Å². The van der Waals surface area contributed by atoms with Gasteiger partial charge in [-0.1, -0.05) is 69.7 Å². The van der Waals surface area contributed by atoms with Gasteiger partial charge in [-0.15, -0.1) is 0 Å². The molecule has 5 nitrogen and oxygen atoms in total. The molecule has 1 saturated heterocycles. The van der Waals surface area contributed by atoms with Crippen LogP contribution in [0.15, 0.2) is 60.2 Å². The van der Waals surface area contributed by atoms with E-state index in [1.54, 1.807) is 23.1 Å². The van der Waals surface area contributed by atoms with E-state index in [1.807, 2.05) is 43.3 Å². The number of hydrogen-bond acceptors (Lipinski definition) is 4. The Morgan fingerprint density at radius 2 is 1.83 bits per heavy atom. The smallest absolute Gasteiger partial charge is 0.295 e. The van der Waals surface area contributed by atoms with Crippen LogP contribution in [0.5, 0.6) is 5.75 Å². The number of aliphatic hydroxyl groups excluding tert-OH is 1. The first-order valence-electron chi connectivity index (χ1n) is 10.5. The number of ether oxygens (including phenoxy) is 1. The zero-order valence-electron chi connectivity index (χ0n) is 17.8. The summed E-state index contributed by atoms with van der Waals surface area (Å²) in [7, 11) is 0. The van der Waals surface area contributed by atoms with Crippen molar-refractivity contribution in [3.63, 3.8) is 0 Å². The highest BCUT2D eigenvalue weighted by molar-refractivity contribution is 6.46. The first-order valence-corrected chi connectivity index (χ1v) is 10.5. The van der Waals surface area contributed by atoms with Crippen molar-refractivity contribution in [2.45, 2.75) is 39.7 Å². The maximum Gasteiger partial charge on any atom is 0.295 e. The number of ketones is 1. The second-order valence-electron chi connectivity index (χ2n) is 7.99. The Morgan fingerprint density at radius 3 is 2.50 bits per heavy atom. The number of benzene rings is 2. The molecule has 158 valence electrons. The molecule has 1 atom stereocenters. The Labute approximate surface area is 178 Å². The highest BCUT2D eigenvalue weighted by Gasteiger charge is 2.45. The van der Waals surface area contributed by atoms with Gasteiger partial charge in [-0.3, -0.25) is 9.59 Å². The minimum Gasteiger partial charge on any atom is -0.507 e. The van der Waals surface area contributed by atoms with Gasteiger partial charge < -0.3 is 14.7 Å². The monoisotopic (exact) mass is 407 g/mol. The van der Waals surface area contributed by atoms with Crippen molar-refractivity contribution >= 4 is 17.4 Å². The average molecular weight is 408 g/mol. The summed E-state index contributed by atoms with van der Waals surface area (Å²) in [4.78, 5) is 27.3. The van der Waals surface area contributed by atoms with E-state index in [9.17, 15) is 14.7 Å². The topological polar surface area (TPSA) is 66.8 Å². The maximum absolute atomic E-state index is 12.9. The van der Waals surface area contributed by atoms with E-state index in [-0.39, 0.29) is 11.3 Å². The normalized spacial score (nSPS) is 18.3. The van der Waals surface area contributed by atoms with Crippen LogP contribution in [0.25, 0.3) is 5.76 Å². The summed E-state index contributed by atoms with van der Waals surface area (Å²) in [5, 5.41) is 11.1. The Hall–Kier alpha value is -3.08. The molecular formula is C25H29NO4. The molecule has 1 aliphatic heterocycles. The molecule has 2 aromatic rings. The number of carbonyl (C=O) groups excluding carboxylic acids is 2. The predicted octanol–water partition coefficient (Wildman–Crippen LogP) is 4.94. The van der Waals surface area contributed by atoms with Crippen LogP contribution in [0.4, 0.5) is 0 Å². The van der Waals surface area contributed by atoms with Crippen LogP contribution in [-0.2, 0) is 9.59 Å². The molecule has 2 aromatic carbocycles. The first-order chi connectivity index (χ1) is 14.4. The van der Waals surface area contributed by atoms with Crippen LogP contribution >= 0.6 is 0 Å². The largest absolute Gasteiger partial charge is 0.507 e. The third kappa shape index (κ3) is 4.56. The second-order valence-corrected chi connectivity index (χ2v) is 7.99. The van der Waals surface area contributed by atoms with Crippen molar-refractivity contribution in [3.8, 4) is 5.75 Å². The number of hydrogen-bond donors (Lipinski definition) is 1. The molecule has 0 aliphatic carbocycles. The summed E-state index contributed by atoms with van der Waals surface area (Å²) in [5.41, 5.74) is 1.40. The lowest BCUT2D eigenvalue weighted by atomic mass is 9.95. The molecule has 1 fully saturated rings. The Balaban J connectivity index is 2.06. The molecule has 1 N–H and O–H groups in total. The molecule has 1 unspecified atom stereocenters. The van der Waals surface area contributed by atoms with E-state index in [1.165, 1.54) is 0 Å². The van der Waals surface area contributed by atoms with Gasteiger partial charge in [-0.25, -0.2) is 0 Å². The highest BCUT2D eigenvalue weighted by atomic mass is 16.5. The molecule has 0 spiro atoms. The number of rotatable bonds is 8. The third-order valence-electron chi connectivity index (χ3n) is 5.10. The van der Waals surface area contributed by atoms with Gasteiger partial charge in [0, 0.05) is 12.1 Å². The first kappa shape index (κ1) is 21.6. The van der Waals surface area contributed by atoms with Crippen molar-refractivity contribution in [1.82, 2.24) is 4.90 Å². The molecule has 30 heavy (non-hydrogen) atoms. The molecule has 0 aromatic heterocycles. The molecule has 1 aliphatic rings. The van der Waals surface area contributed by atoms with E-state index in [0.29, 0.717) is 30.4 Å². The maximum atomic E-state index is 12.9. The van der Waals surface area contributed by atoms with Crippen molar-refractivity contribution in [2.75, 3.05) is 13.2 Å². The van der Waals surface area contributed by atoms with E-state index >= 15 is 0 Å². The Morgan fingerprint density at radius 1 is 1.10 bits per heavy atom. The molecule has 3 rings (SSSR count). The average Bonchev–Trinajstić information content (AvgIpc) is 3.01. The van der Waals surface area contributed by atoms with Gasteiger partial charge in [0.2, 0.25) is 0 Å². The van der Waals surface area contributed by atoms with E-state index in [0.717, 1.165) is 18.4 Å².